The minimum absolute atomic E-state index is 0. The van der Waals surface area contributed by atoms with Gasteiger partial charge in [0.05, 0.1) is 0 Å². The SMILES string of the molecule is [H-].[Na+].c1ccc([SiH](c2ccccc2)c2ccccc2)cc1. The minimum atomic E-state index is -1.31. The normalized spacial score (nSPS) is 10.1. The molecule has 0 fully saturated rings. The van der Waals surface area contributed by atoms with Gasteiger partial charge >= 0.3 is 29.6 Å². The monoisotopic (exact) mass is 284 g/mol. The summed E-state index contributed by atoms with van der Waals surface area (Å²) in [6.07, 6.45) is 0. The third-order valence-electron chi connectivity index (χ3n) is 3.40. The van der Waals surface area contributed by atoms with Gasteiger partial charge in [-0.25, -0.2) is 0 Å². The summed E-state index contributed by atoms with van der Waals surface area (Å²) < 4.78 is 0. The van der Waals surface area contributed by atoms with Gasteiger partial charge in [0.1, 0.15) is 8.80 Å². The van der Waals surface area contributed by atoms with Gasteiger partial charge in [-0.15, -0.1) is 0 Å². The van der Waals surface area contributed by atoms with Crippen molar-refractivity contribution >= 4 is 24.4 Å². The first-order chi connectivity index (χ1) is 9.45. The second kappa shape index (κ2) is 7.60. The maximum absolute atomic E-state index is 2.26. The summed E-state index contributed by atoms with van der Waals surface area (Å²) in [5.74, 6) is 0. The van der Waals surface area contributed by atoms with Gasteiger partial charge in [-0.1, -0.05) is 107 Å². The van der Waals surface area contributed by atoms with E-state index >= 15 is 0 Å². The fraction of sp³-hybridized carbons (Fsp3) is 0. The van der Waals surface area contributed by atoms with Crippen LogP contribution in [0, 0.1) is 0 Å². The molecule has 20 heavy (non-hydrogen) atoms. The van der Waals surface area contributed by atoms with Crippen LogP contribution in [-0.2, 0) is 0 Å². The second-order valence-corrected chi connectivity index (χ2v) is 7.53. The number of benzene rings is 3. The van der Waals surface area contributed by atoms with E-state index in [1.54, 1.807) is 0 Å². The Hall–Kier alpha value is -1.12. The summed E-state index contributed by atoms with van der Waals surface area (Å²) in [4.78, 5) is 0. The third kappa shape index (κ3) is 3.50. The molecule has 0 saturated carbocycles. The molecule has 0 saturated heterocycles. The predicted molar refractivity (Wildman–Crippen MR) is 86.5 cm³/mol. The van der Waals surface area contributed by atoms with E-state index in [9.17, 15) is 0 Å². The van der Waals surface area contributed by atoms with Crippen molar-refractivity contribution in [2.24, 2.45) is 0 Å². The van der Waals surface area contributed by atoms with Crippen LogP contribution in [-0.4, -0.2) is 8.80 Å². The van der Waals surface area contributed by atoms with Gasteiger partial charge in [-0.2, -0.15) is 0 Å². The van der Waals surface area contributed by atoms with E-state index in [0.29, 0.717) is 0 Å². The fourth-order valence-electron chi connectivity index (χ4n) is 2.51. The Morgan fingerprint density at radius 1 is 0.450 bits per heavy atom. The topological polar surface area (TPSA) is 0 Å². The van der Waals surface area contributed by atoms with E-state index < -0.39 is 8.80 Å². The standard InChI is InChI=1S/C18H16Si.Na.H/c1-4-10-16(11-5-1)19(17-12-6-2-7-13-17)18-14-8-3-9-15-18;;/h1-15,19H;;/q;+1;-1. The summed E-state index contributed by atoms with van der Waals surface area (Å²) in [6, 6.07) is 32.7. The Bertz CT molecular complexity index is 535. The maximum Gasteiger partial charge on any atom is 1.00 e. The van der Waals surface area contributed by atoms with Crippen LogP contribution in [0.25, 0.3) is 0 Å². The third-order valence-corrected chi connectivity index (χ3v) is 6.55. The van der Waals surface area contributed by atoms with Gasteiger partial charge in [-0.05, 0) is 0 Å². The maximum atomic E-state index is 2.26. The summed E-state index contributed by atoms with van der Waals surface area (Å²) in [7, 11) is -1.31. The average Bonchev–Trinajstić information content (AvgIpc) is 2.51. The molecule has 0 spiro atoms. The van der Waals surface area contributed by atoms with Crippen LogP contribution in [0.3, 0.4) is 0 Å². The molecule has 0 aromatic heterocycles. The van der Waals surface area contributed by atoms with Crippen molar-refractivity contribution in [2.45, 2.75) is 0 Å². The molecule has 0 bridgehead atoms. The van der Waals surface area contributed by atoms with Crippen LogP contribution in [0.15, 0.2) is 91.0 Å². The molecule has 0 heterocycles. The van der Waals surface area contributed by atoms with Crippen molar-refractivity contribution in [1.82, 2.24) is 0 Å². The molecular weight excluding hydrogens is 267 g/mol. The Balaban J connectivity index is 0.00000110. The van der Waals surface area contributed by atoms with E-state index in [0.717, 1.165) is 0 Å². The Kier molecular flexibility index (Phi) is 5.81. The van der Waals surface area contributed by atoms with Crippen LogP contribution >= 0.6 is 0 Å². The molecular formula is C18H17NaSi. The van der Waals surface area contributed by atoms with Crippen molar-refractivity contribution in [1.29, 1.82) is 0 Å². The molecule has 3 aromatic rings. The molecule has 0 radical (unpaired) electrons. The van der Waals surface area contributed by atoms with Crippen LogP contribution in [0.1, 0.15) is 1.43 Å². The molecule has 0 amide bonds. The Morgan fingerprint density at radius 2 is 0.700 bits per heavy atom. The Labute approximate surface area is 145 Å². The zero-order valence-corrected chi connectivity index (χ0v) is 14.9. The molecule has 94 valence electrons. The fourth-order valence-corrected chi connectivity index (χ4v) is 5.49. The first-order valence-corrected chi connectivity index (χ1v) is 8.33. The van der Waals surface area contributed by atoms with E-state index in [-0.39, 0.29) is 31.0 Å². The first-order valence-electron chi connectivity index (χ1n) is 6.60. The van der Waals surface area contributed by atoms with Crippen molar-refractivity contribution in [2.75, 3.05) is 0 Å². The van der Waals surface area contributed by atoms with Crippen LogP contribution < -0.4 is 45.1 Å². The number of hydrogen-bond donors (Lipinski definition) is 0. The van der Waals surface area contributed by atoms with Crippen LogP contribution in [0.5, 0.6) is 0 Å². The molecule has 0 aliphatic heterocycles. The van der Waals surface area contributed by atoms with Gasteiger partial charge in [-0.3, -0.25) is 0 Å². The van der Waals surface area contributed by atoms with Crippen LogP contribution in [0.4, 0.5) is 0 Å². The van der Waals surface area contributed by atoms with E-state index in [1.807, 2.05) is 0 Å². The van der Waals surface area contributed by atoms with E-state index in [4.69, 9.17) is 0 Å². The Morgan fingerprint density at radius 3 is 0.950 bits per heavy atom. The smallest absolute Gasteiger partial charge is 1.00 e. The molecule has 2 heteroatoms. The zero-order valence-electron chi connectivity index (χ0n) is 12.7. The molecule has 0 aliphatic carbocycles. The van der Waals surface area contributed by atoms with Gasteiger partial charge in [0.15, 0.2) is 0 Å². The number of rotatable bonds is 3. The first kappa shape index (κ1) is 15.3. The van der Waals surface area contributed by atoms with Crippen molar-refractivity contribution in [3.05, 3.63) is 91.0 Å². The van der Waals surface area contributed by atoms with Crippen molar-refractivity contribution in [3.63, 3.8) is 0 Å². The van der Waals surface area contributed by atoms with Gasteiger partial charge in [0.2, 0.25) is 0 Å². The van der Waals surface area contributed by atoms with Crippen LogP contribution in [0.2, 0.25) is 0 Å². The van der Waals surface area contributed by atoms with Crippen molar-refractivity contribution in [3.8, 4) is 0 Å². The average molecular weight is 284 g/mol. The molecule has 3 aromatic carbocycles. The molecule has 3 rings (SSSR count). The quantitative estimate of drug-likeness (QED) is 0.430. The summed E-state index contributed by atoms with van der Waals surface area (Å²) in [6.45, 7) is 0. The number of hydrogen-bond acceptors (Lipinski definition) is 0. The van der Waals surface area contributed by atoms with E-state index in [2.05, 4.69) is 91.0 Å². The zero-order chi connectivity index (χ0) is 12.9. The predicted octanol–water partition coefficient (Wildman–Crippen LogP) is -0.948. The van der Waals surface area contributed by atoms with E-state index in [1.165, 1.54) is 15.6 Å². The molecule has 0 nitrogen and oxygen atoms in total. The van der Waals surface area contributed by atoms with Gasteiger partial charge < -0.3 is 1.43 Å². The summed E-state index contributed by atoms with van der Waals surface area (Å²) >= 11 is 0. The summed E-state index contributed by atoms with van der Waals surface area (Å²) in [5, 5.41) is 4.42. The molecule has 0 N–H and O–H groups in total. The van der Waals surface area contributed by atoms with Crippen molar-refractivity contribution < 1.29 is 31.0 Å². The van der Waals surface area contributed by atoms with Gasteiger partial charge in [0, 0.05) is 0 Å². The largest absolute Gasteiger partial charge is 1.00 e. The summed E-state index contributed by atoms with van der Waals surface area (Å²) in [5.41, 5.74) is 0. The molecule has 0 aliphatic rings. The minimum Gasteiger partial charge on any atom is -1.00 e. The second-order valence-electron chi connectivity index (χ2n) is 4.67. The molecule has 0 atom stereocenters. The van der Waals surface area contributed by atoms with Gasteiger partial charge in [0.25, 0.3) is 0 Å². The molecule has 0 unspecified atom stereocenters.